The standard InChI is InChI=1S/C78H126O35/c1-36-61(109-66-57(94)51(88)42(83)33-103-66)55(92)60(97)68(106-36)111-63-62(110-67-58(95)52(89)43(84)34-104-67)45(107-49(86)20-16-12-8-10-14-18-37(80)19-15-11-9-13-17-27-101-65-56(93)50(87)41(82)32-102-65)35-105-70(63)113-72(100)78-26-25-73(2,3)28-39(78)38-21-22-46-74(4)29-40(81)64(112-69-59(96)54(91)53(90)44(31-79)108-69)77(7,71(98)99)47(74)23-24-75(46,5)76(38,6)30-48(78)85/h21,36,39-48,50-70,79,81-85,87-97H,8-20,22-35H2,1-7H3,(H,98,99)/t36-,39-,40-,41+,42+,43-,44+,45-,46+,47+,48+,50-,51-,52-,53+,54-,55-,56+,57+,58+,59+,60+,61-,62-,63+,64-,65+,66-,67-,68-,69-,70-,74+,75+,76+,77-,78+/m0/s1. The van der Waals surface area contributed by atoms with E-state index in [-0.39, 0.29) is 50.4 Å². The Kier molecular flexibility index (Phi) is 29.6. The highest BCUT2D eigenvalue weighted by molar-refractivity contribution is 5.80. The van der Waals surface area contributed by atoms with Crippen LogP contribution in [0, 0.1) is 50.2 Å². The van der Waals surface area contributed by atoms with Gasteiger partial charge in [0.05, 0.1) is 56.8 Å². The molecule has 648 valence electrons. The van der Waals surface area contributed by atoms with Crippen LogP contribution in [-0.4, -0.2) is 333 Å². The van der Waals surface area contributed by atoms with Crippen molar-refractivity contribution in [1.29, 1.82) is 0 Å². The molecule has 0 unspecified atom stereocenters. The van der Waals surface area contributed by atoms with Gasteiger partial charge in [-0.05, 0) is 130 Å². The molecule has 10 fully saturated rings. The molecule has 18 N–H and O–H groups in total. The van der Waals surface area contributed by atoms with E-state index < -0.39 is 267 Å². The molecule has 6 heterocycles. The van der Waals surface area contributed by atoms with Gasteiger partial charge in [-0.1, -0.05) is 84.8 Å². The summed E-state index contributed by atoms with van der Waals surface area (Å²) in [4.78, 5) is 57.2. The van der Waals surface area contributed by atoms with Crippen LogP contribution >= 0.6 is 0 Å². The molecule has 35 heteroatoms. The van der Waals surface area contributed by atoms with Gasteiger partial charge >= 0.3 is 17.9 Å². The first-order valence-corrected chi connectivity index (χ1v) is 40.7. The van der Waals surface area contributed by atoms with Crippen LogP contribution in [0.1, 0.15) is 183 Å². The van der Waals surface area contributed by atoms with Crippen LogP contribution < -0.4 is 0 Å². The Bertz CT molecular complexity index is 3200. The number of aliphatic hydroxyl groups excluding tert-OH is 17. The highest BCUT2D eigenvalue weighted by Gasteiger charge is 2.75. The van der Waals surface area contributed by atoms with Gasteiger partial charge in [0.25, 0.3) is 0 Å². The van der Waals surface area contributed by atoms with Crippen molar-refractivity contribution < 1.29 is 173 Å². The number of fused-ring (bicyclic) bond motifs is 7. The number of ether oxygens (including phenoxy) is 13. The summed E-state index contributed by atoms with van der Waals surface area (Å²) in [5.74, 6) is -4.75. The van der Waals surface area contributed by atoms with E-state index in [2.05, 4.69) is 33.8 Å². The SMILES string of the molecule is C[C@@H]1O[C@@H](O[C@H]2[C@H](OC(=O)[C@]34CCC(C)(C)C[C@H]3C3=CC[C@@H]5[C@@]6(C)C[C@H](O)[C@H](O[C@@H]7O[C@H](CO)[C@@H](O)[C@H](O)[C@H]7O)[C@@](C)(C(=O)O)[C@@H]6CC[C@@]5(C)[C@]3(C)C[C@H]4O)OC[C@H](OC(=O)CCCCCCCC(=O)CCCCCCCO[C@@H]3OC[C@@H](O)[C@H](O)[C@H]3O)[C@@H]2O[C@@H]2OC[C@H](O)[C@H](O)[C@H]2O)[C@H](O)[C@H](O)[C@H]1O[C@@H]1OC[C@@H](O)[C@H](O)[C@H]1O. The summed E-state index contributed by atoms with van der Waals surface area (Å²) in [5, 5.41) is 198. The molecule has 0 spiro atoms. The van der Waals surface area contributed by atoms with E-state index in [0.717, 1.165) is 31.3 Å². The molecule has 0 amide bonds. The van der Waals surface area contributed by atoms with Gasteiger partial charge in [0, 0.05) is 25.9 Å². The first-order valence-electron chi connectivity index (χ1n) is 40.7. The first-order chi connectivity index (χ1) is 53.3. The zero-order valence-electron chi connectivity index (χ0n) is 65.6. The quantitative estimate of drug-likeness (QED) is 0.0166. The fourth-order valence-corrected chi connectivity index (χ4v) is 20.9. The number of carbonyl (C=O) groups excluding carboxylic acids is 3. The second-order valence-corrected chi connectivity index (χ2v) is 35.7. The molecule has 0 bridgehead atoms. The maximum absolute atomic E-state index is 16.3. The van der Waals surface area contributed by atoms with Crippen molar-refractivity contribution in [1.82, 2.24) is 0 Å². The average molecular weight is 1620 g/mol. The maximum Gasteiger partial charge on any atom is 0.317 e. The molecule has 113 heavy (non-hydrogen) atoms. The van der Waals surface area contributed by atoms with Crippen molar-refractivity contribution >= 4 is 23.7 Å². The predicted molar refractivity (Wildman–Crippen MR) is 383 cm³/mol. The van der Waals surface area contributed by atoms with Gasteiger partial charge in [0.2, 0.25) is 6.29 Å². The van der Waals surface area contributed by atoms with Crippen LogP contribution in [-0.2, 0) is 80.8 Å². The van der Waals surface area contributed by atoms with Gasteiger partial charge in [0.1, 0.15) is 121 Å². The summed E-state index contributed by atoms with van der Waals surface area (Å²) in [7, 11) is 0. The smallest absolute Gasteiger partial charge is 0.317 e. The molecule has 6 aliphatic heterocycles. The second kappa shape index (κ2) is 37.0. The molecule has 35 nitrogen and oxygen atoms in total. The fourth-order valence-electron chi connectivity index (χ4n) is 20.9. The van der Waals surface area contributed by atoms with Gasteiger partial charge in [-0.25, -0.2) is 0 Å². The summed E-state index contributed by atoms with van der Waals surface area (Å²) in [6, 6.07) is 0. The summed E-state index contributed by atoms with van der Waals surface area (Å²) >= 11 is 0. The van der Waals surface area contributed by atoms with Crippen molar-refractivity contribution in [2.45, 2.75) is 361 Å². The van der Waals surface area contributed by atoms with Gasteiger partial charge in [-0.15, -0.1) is 0 Å². The Morgan fingerprint density at radius 2 is 1.01 bits per heavy atom. The molecular weight excluding hydrogens is 1500 g/mol. The van der Waals surface area contributed by atoms with Gasteiger partial charge in [0.15, 0.2) is 43.7 Å². The molecule has 0 radical (unpaired) electrons. The monoisotopic (exact) mass is 1620 g/mol. The first kappa shape index (κ1) is 90.5. The van der Waals surface area contributed by atoms with E-state index >= 15 is 4.79 Å². The number of Topliss-reactive ketones (excluding diaryl/α,β-unsaturated/α-hetero) is 1. The Hall–Kier alpha value is -3.30. The van der Waals surface area contributed by atoms with E-state index in [4.69, 9.17) is 61.6 Å². The van der Waals surface area contributed by atoms with Gasteiger partial charge in [-0.3, -0.25) is 19.2 Å². The number of esters is 2. The van der Waals surface area contributed by atoms with E-state index in [9.17, 15) is 106 Å². The number of aliphatic hydroxyl groups is 17. The summed E-state index contributed by atoms with van der Waals surface area (Å²) in [5.41, 5.74) is -5.89. The lowest BCUT2D eigenvalue weighted by Crippen LogP contribution is -2.71. The molecule has 6 saturated heterocycles. The third kappa shape index (κ3) is 18.1. The molecule has 11 aliphatic rings. The Labute approximate surface area is 657 Å². The minimum Gasteiger partial charge on any atom is -0.481 e. The largest absolute Gasteiger partial charge is 0.481 e. The summed E-state index contributed by atoms with van der Waals surface area (Å²) in [6.45, 7) is 10.8. The lowest BCUT2D eigenvalue weighted by Gasteiger charge is -2.71. The fraction of sp³-hybridized carbons (Fsp3) is 0.923. The van der Waals surface area contributed by atoms with Gasteiger partial charge < -0.3 is 153 Å². The number of allylic oxidation sites excluding steroid dienone is 2. The highest BCUT2D eigenvalue weighted by Crippen LogP contribution is 2.76. The van der Waals surface area contributed by atoms with Gasteiger partial charge in [-0.2, -0.15) is 0 Å². The molecule has 0 aromatic carbocycles. The normalized spacial score (nSPS) is 47.8. The molecule has 4 saturated carbocycles. The molecule has 0 aromatic heterocycles. The second-order valence-electron chi connectivity index (χ2n) is 35.7. The lowest BCUT2D eigenvalue weighted by atomic mass is 9.33. The Morgan fingerprint density at radius 3 is 1.61 bits per heavy atom. The van der Waals surface area contributed by atoms with Crippen LogP contribution in [0.5, 0.6) is 0 Å². The van der Waals surface area contributed by atoms with Crippen molar-refractivity contribution in [2.75, 3.05) is 39.6 Å². The molecule has 0 aromatic rings. The van der Waals surface area contributed by atoms with Crippen LogP contribution in [0.4, 0.5) is 0 Å². The van der Waals surface area contributed by atoms with Crippen LogP contribution in [0.25, 0.3) is 0 Å². The minimum absolute atomic E-state index is 0.00214. The molecular formula is C78H126O35. The molecule has 11 rings (SSSR count). The maximum atomic E-state index is 16.3. The zero-order chi connectivity index (χ0) is 82.4. The number of unbranched alkanes of at least 4 members (excludes halogenated alkanes) is 8. The number of rotatable bonds is 30. The molecule has 5 aliphatic carbocycles. The van der Waals surface area contributed by atoms with E-state index in [0.29, 0.717) is 83.7 Å². The predicted octanol–water partition coefficient (Wildman–Crippen LogP) is -1.61. The van der Waals surface area contributed by atoms with Crippen molar-refractivity contribution in [2.24, 2.45) is 50.2 Å². The van der Waals surface area contributed by atoms with Crippen LogP contribution in [0.15, 0.2) is 11.6 Å². The highest BCUT2D eigenvalue weighted by atomic mass is 16.8. The van der Waals surface area contributed by atoms with Crippen LogP contribution in [0.3, 0.4) is 0 Å². The van der Waals surface area contributed by atoms with Crippen molar-refractivity contribution in [3.8, 4) is 0 Å². The Balaban J connectivity index is 0.807. The van der Waals surface area contributed by atoms with Crippen molar-refractivity contribution in [3.05, 3.63) is 11.6 Å². The summed E-state index contributed by atoms with van der Waals surface area (Å²) < 4.78 is 78.4. The number of hydrogen-bond donors (Lipinski definition) is 18. The number of carboxylic acid groups (broad SMARTS) is 1. The average Bonchev–Trinajstić information content (AvgIpc) is 0.667. The number of ketones is 1. The Morgan fingerprint density at radius 1 is 0.487 bits per heavy atom. The number of aliphatic carboxylic acids is 1. The third-order valence-electron chi connectivity index (χ3n) is 27.9. The number of hydrogen-bond acceptors (Lipinski definition) is 34. The zero-order valence-corrected chi connectivity index (χ0v) is 65.6. The van der Waals surface area contributed by atoms with E-state index in [1.54, 1.807) is 0 Å². The lowest BCUT2D eigenvalue weighted by molar-refractivity contribution is -0.382. The minimum atomic E-state index is -2.10. The number of carboxylic acids is 1. The van der Waals surface area contributed by atoms with E-state index in [1.165, 1.54) is 13.8 Å². The van der Waals surface area contributed by atoms with Crippen molar-refractivity contribution in [3.63, 3.8) is 0 Å². The van der Waals surface area contributed by atoms with Crippen LogP contribution in [0.2, 0.25) is 0 Å². The number of carbonyl (C=O) groups is 4. The third-order valence-corrected chi connectivity index (χ3v) is 27.9. The topological polar surface area (TPSA) is 552 Å². The molecule has 37 atom stereocenters. The van der Waals surface area contributed by atoms with E-state index in [1.807, 2.05) is 6.92 Å². The summed E-state index contributed by atoms with van der Waals surface area (Å²) in [6.07, 6.45) is -36.8.